The summed E-state index contributed by atoms with van der Waals surface area (Å²) in [5, 5.41) is 8.10. The number of aryl methyl sites for hydroxylation is 1. The van der Waals surface area contributed by atoms with Gasteiger partial charge >= 0.3 is 0 Å². The van der Waals surface area contributed by atoms with E-state index >= 15 is 0 Å². The van der Waals surface area contributed by atoms with Gasteiger partial charge < -0.3 is 20.7 Å². The van der Waals surface area contributed by atoms with E-state index in [4.69, 9.17) is 4.74 Å². The number of hydrogen-bond donors (Lipinski definition) is 3. The molecule has 34 heavy (non-hydrogen) atoms. The molecule has 2 unspecified atom stereocenters. The molecule has 0 radical (unpaired) electrons. The van der Waals surface area contributed by atoms with Gasteiger partial charge in [-0.05, 0) is 62.6 Å². The van der Waals surface area contributed by atoms with Crippen molar-refractivity contribution in [2.45, 2.75) is 38.3 Å². The molecule has 2 atom stereocenters. The number of rotatable bonds is 9. The smallest absolute Gasteiger partial charge is 0.253 e. The Labute approximate surface area is 199 Å². The van der Waals surface area contributed by atoms with E-state index in [0.29, 0.717) is 30.0 Å². The van der Waals surface area contributed by atoms with Crippen molar-refractivity contribution in [1.82, 2.24) is 5.32 Å². The lowest BCUT2D eigenvalue weighted by Crippen LogP contribution is -2.44. The Kier molecular flexibility index (Phi) is 8.41. The second-order valence-corrected chi connectivity index (χ2v) is 10.6. The van der Waals surface area contributed by atoms with Crippen molar-refractivity contribution >= 4 is 38.9 Å². The molecule has 1 saturated heterocycles. The highest BCUT2D eigenvalue weighted by Gasteiger charge is 2.25. The molecule has 2 aromatic rings. The molecule has 0 bridgehead atoms. The van der Waals surface area contributed by atoms with Gasteiger partial charge in [0.1, 0.15) is 22.0 Å². The van der Waals surface area contributed by atoms with E-state index in [-0.39, 0.29) is 18.1 Å². The summed E-state index contributed by atoms with van der Waals surface area (Å²) >= 11 is 0. The second-order valence-electron chi connectivity index (χ2n) is 8.37. The summed E-state index contributed by atoms with van der Waals surface area (Å²) < 4.78 is 28.7. The molecule has 0 saturated carbocycles. The van der Waals surface area contributed by atoms with E-state index in [0.717, 1.165) is 18.2 Å². The van der Waals surface area contributed by atoms with Crippen LogP contribution >= 0.6 is 0 Å². The van der Waals surface area contributed by atoms with Gasteiger partial charge in [0.2, 0.25) is 5.91 Å². The molecule has 0 aromatic heterocycles. The largest absolute Gasteiger partial charge is 0.368 e. The molecule has 3 N–H and O–H groups in total. The van der Waals surface area contributed by atoms with Crippen molar-refractivity contribution in [2.75, 3.05) is 29.2 Å². The summed E-state index contributed by atoms with van der Waals surface area (Å²) in [6.07, 6.45) is 2.09. The zero-order valence-electron chi connectivity index (χ0n) is 19.2. The van der Waals surface area contributed by atoms with Crippen LogP contribution in [-0.2, 0) is 24.2 Å². The van der Waals surface area contributed by atoms with Crippen LogP contribution in [0.2, 0.25) is 0 Å². The van der Waals surface area contributed by atoms with E-state index in [1.54, 1.807) is 42.5 Å². The normalized spacial score (nSPS) is 16.5. The minimum absolute atomic E-state index is 0.0717. The van der Waals surface area contributed by atoms with Crippen molar-refractivity contribution in [2.24, 2.45) is 0 Å². The summed E-state index contributed by atoms with van der Waals surface area (Å²) in [7, 11) is -3.34. The van der Waals surface area contributed by atoms with Crippen LogP contribution in [0.5, 0.6) is 0 Å². The van der Waals surface area contributed by atoms with Gasteiger partial charge in [0.05, 0.1) is 5.75 Å². The molecule has 182 valence electrons. The van der Waals surface area contributed by atoms with Gasteiger partial charge in [-0.3, -0.25) is 14.4 Å². The van der Waals surface area contributed by atoms with E-state index in [9.17, 15) is 22.8 Å². The third kappa shape index (κ3) is 7.67. The summed E-state index contributed by atoms with van der Waals surface area (Å²) in [6, 6.07) is 12.3. The summed E-state index contributed by atoms with van der Waals surface area (Å²) in [6.45, 7) is 2.42. The number of carbonyl (C=O) groups is 3. The Balaban J connectivity index is 1.65. The first kappa shape index (κ1) is 25.4. The third-order valence-corrected chi connectivity index (χ3v) is 6.30. The molecule has 0 aliphatic carbocycles. The molecule has 1 heterocycles. The molecule has 3 amide bonds. The highest BCUT2D eigenvalue weighted by atomic mass is 32.2. The van der Waals surface area contributed by atoms with E-state index in [2.05, 4.69) is 16.0 Å². The zero-order valence-corrected chi connectivity index (χ0v) is 20.0. The van der Waals surface area contributed by atoms with Crippen LogP contribution in [0.4, 0.5) is 11.4 Å². The minimum atomic E-state index is -3.34. The number of anilines is 2. The first-order valence-electron chi connectivity index (χ1n) is 11.0. The fourth-order valence-electron chi connectivity index (χ4n) is 3.50. The van der Waals surface area contributed by atoms with Crippen LogP contribution < -0.4 is 16.0 Å². The number of amides is 3. The Bertz CT molecular complexity index is 1140. The van der Waals surface area contributed by atoms with Crippen LogP contribution in [0.15, 0.2) is 48.5 Å². The summed E-state index contributed by atoms with van der Waals surface area (Å²) in [5.41, 5.74) is 2.26. The number of ether oxygens (including phenoxy) is 1. The predicted molar refractivity (Wildman–Crippen MR) is 129 cm³/mol. The number of hydrogen-bond acceptors (Lipinski definition) is 6. The van der Waals surface area contributed by atoms with E-state index in [1.165, 1.54) is 0 Å². The lowest BCUT2D eigenvalue weighted by atomic mass is 10.1. The average Bonchev–Trinajstić information content (AvgIpc) is 3.32. The lowest BCUT2D eigenvalue weighted by molar-refractivity contribution is -0.124. The zero-order chi connectivity index (χ0) is 24.7. The van der Waals surface area contributed by atoms with E-state index < -0.39 is 33.8 Å². The van der Waals surface area contributed by atoms with Gasteiger partial charge in [0, 0.05) is 29.8 Å². The van der Waals surface area contributed by atoms with Gasteiger partial charge in [-0.25, -0.2) is 8.42 Å². The standard InChI is InChI=1S/C24H29N3O6S/c1-16-5-3-6-17(15-16)22(28)27-20(12-14-34(2,31)32)23(29)25-18-8-10-19(11-9-18)26-24(30)21-7-4-13-33-21/h3,5-6,8-11,15,20-21H,4,7,12-14H2,1-2H3,(H,25,29)(H,26,30)(H,27,28). The van der Waals surface area contributed by atoms with Gasteiger partial charge in [-0.2, -0.15) is 0 Å². The fourth-order valence-corrected chi connectivity index (χ4v) is 4.17. The second kappa shape index (κ2) is 11.3. The SMILES string of the molecule is Cc1cccc(C(=O)NC(CCS(C)(=O)=O)C(=O)Nc2ccc(NC(=O)C3CCCO3)cc2)c1. The highest BCUT2D eigenvalue weighted by Crippen LogP contribution is 2.18. The average molecular weight is 488 g/mol. The Morgan fingerprint density at radius 3 is 2.32 bits per heavy atom. The molecule has 1 aliphatic rings. The van der Waals surface area contributed by atoms with Crippen LogP contribution in [-0.4, -0.2) is 56.9 Å². The third-order valence-electron chi connectivity index (χ3n) is 5.32. The number of carbonyl (C=O) groups excluding carboxylic acids is 3. The van der Waals surface area contributed by atoms with Crippen LogP contribution in [0.3, 0.4) is 0 Å². The first-order valence-corrected chi connectivity index (χ1v) is 13.1. The maximum Gasteiger partial charge on any atom is 0.253 e. The summed E-state index contributed by atoms with van der Waals surface area (Å²) in [4.78, 5) is 37.7. The minimum Gasteiger partial charge on any atom is -0.368 e. The quantitative estimate of drug-likeness (QED) is 0.497. The Morgan fingerprint density at radius 2 is 1.74 bits per heavy atom. The maximum atomic E-state index is 12.9. The monoisotopic (exact) mass is 487 g/mol. The van der Waals surface area contributed by atoms with Gasteiger partial charge in [-0.1, -0.05) is 17.7 Å². The molecule has 1 aliphatic heterocycles. The Morgan fingerprint density at radius 1 is 1.06 bits per heavy atom. The molecule has 9 nitrogen and oxygen atoms in total. The first-order chi connectivity index (χ1) is 16.1. The van der Waals surface area contributed by atoms with Gasteiger partial charge in [-0.15, -0.1) is 0 Å². The number of benzene rings is 2. The summed E-state index contributed by atoms with van der Waals surface area (Å²) in [5.74, 6) is -1.48. The van der Waals surface area contributed by atoms with E-state index in [1.807, 2.05) is 13.0 Å². The molecular weight excluding hydrogens is 458 g/mol. The van der Waals surface area contributed by atoms with Crippen molar-refractivity contribution in [3.05, 3.63) is 59.7 Å². The maximum absolute atomic E-state index is 12.9. The predicted octanol–water partition coefficient (Wildman–Crippen LogP) is 2.28. The topological polar surface area (TPSA) is 131 Å². The van der Waals surface area contributed by atoms with Crippen LogP contribution in [0.25, 0.3) is 0 Å². The number of sulfone groups is 1. The molecule has 1 fully saturated rings. The molecule has 3 rings (SSSR count). The van der Waals surface area contributed by atoms with Crippen molar-refractivity contribution in [3.8, 4) is 0 Å². The fraction of sp³-hybridized carbons (Fsp3) is 0.375. The van der Waals surface area contributed by atoms with Gasteiger partial charge in [0.15, 0.2) is 0 Å². The lowest BCUT2D eigenvalue weighted by Gasteiger charge is -2.19. The number of nitrogens with one attached hydrogen (secondary N) is 3. The van der Waals surface area contributed by atoms with Crippen molar-refractivity contribution < 1.29 is 27.5 Å². The highest BCUT2D eigenvalue weighted by molar-refractivity contribution is 7.90. The Hall–Kier alpha value is -3.24. The van der Waals surface area contributed by atoms with Crippen LogP contribution in [0.1, 0.15) is 35.2 Å². The van der Waals surface area contributed by atoms with Gasteiger partial charge in [0.25, 0.3) is 11.8 Å². The molecule has 2 aromatic carbocycles. The molecular formula is C24H29N3O6S. The van der Waals surface area contributed by atoms with Crippen molar-refractivity contribution in [3.63, 3.8) is 0 Å². The van der Waals surface area contributed by atoms with Crippen molar-refractivity contribution in [1.29, 1.82) is 0 Å². The molecule has 0 spiro atoms. The molecule has 10 heteroatoms. The van der Waals surface area contributed by atoms with Crippen LogP contribution in [0, 0.1) is 6.92 Å².